The Kier molecular flexibility index (Phi) is 8.91. The predicted molar refractivity (Wildman–Crippen MR) is 143 cm³/mol. The molecule has 0 fully saturated rings. The summed E-state index contributed by atoms with van der Waals surface area (Å²) in [5.74, 6) is 0. The smallest absolute Gasteiger partial charge is 0.205 e. The third-order valence-corrected chi connectivity index (χ3v) is 6.77. The molecule has 0 saturated carbocycles. The highest BCUT2D eigenvalue weighted by molar-refractivity contribution is 6.48. The van der Waals surface area contributed by atoms with Gasteiger partial charge in [0.25, 0.3) is 0 Å². The Bertz CT molecular complexity index is 831. The molecule has 0 saturated heterocycles. The molecule has 32 heavy (non-hydrogen) atoms. The summed E-state index contributed by atoms with van der Waals surface area (Å²) in [5.41, 5.74) is 5.81. The molecule has 0 amide bonds. The molecule has 2 atom stereocenters. The molecule has 0 aromatic heterocycles. The van der Waals surface area contributed by atoms with E-state index in [0.29, 0.717) is 0 Å². The highest BCUT2D eigenvalue weighted by Crippen LogP contribution is 2.39. The lowest BCUT2D eigenvalue weighted by atomic mass is 9.83. The third-order valence-electron chi connectivity index (χ3n) is 5.36. The second kappa shape index (κ2) is 10.6. The van der Waals surface area contributed by atoms with Crippen molar-refractivity contribution >= 4 is 23.7 Å². The molecule has 2 unspecified atom stereocenters. The van der Waals surface area contributed by atoms with Gasteiger partial charge >= 0.3 is 0 Å². The van der Waals surface area contributed by atoms with Crippen molar-refractivity contribution in [2.45, 2.75) is 79.9 Å². The van der Waals surface area contributed by atoms with Crippen LogP contribution >= 0.6 is 0 Å². The summed E-state index contributed by atoms with van der Waals surface area (Å²) in [5, 5.41) is 0. The molecular formula is C28H42O2Si2. The van der Waals surface area contributed by atoms with Gasteiger partial charge in [-0.25, -0.2) is 0 Å². The first-order valence-corrected chi connectivity index (χ1v) is 16.3. The minimum atomic E-state index is -0.820. The number of hydrogen-bond acceptors (Lipinski definition) is 2. The van der Waals surface area contributed by atoms with E-state index in [0.717, 1.165) is 16.7 Å². The van der Waals surface area contributed by atoms with Crippen LogP contribution in [0.5, 0.6) is 0 Å². The molecule has 0 spiro atoms. The Hall–Kier alpha value is -1.47. The van der Waals surface area contributed by atoms with Crippen molar-refractivity contribution in [3.05, 3.63) is 77.4 Å². The second-order valence-electron chi connectivity index (χ2n) is 11.3. The zero-order chi connectivity index (χ0) is 24.3. The van der Waals surface area contributed by atoms with Crippen LogP contribution in [0.1, 0.15) is 76.0 Å². The van der Waals surface area contributed by atoms with Crippen molar-refractivity contribution in [3.8, 4) is 0 Å². The summed E-state index contributed by atoms with van der Waals surface area (Å²) in [6.45, 7) is 26.8. The monoisotopic (exact) mass is 466 g/mol. The fourth-order valence-electron chi connectivity index (χ4n) is 3.91. The van der Waals surface area contributed by atoms with E-state index in [1.54, 1.807) is 0 Å². The van der Waals surface area contributed by atoms with Gasteiger partial charge < -0.3 is 8.85 Å². The molecule has 2 rings (SSSR count). The Labute approximate surface area is 200 Å². The maximum atomic E-state index is 6.42. The van der Waals surface area contributed by atoms with E-state index >= 15 is 0 Å². The zero-order valence-electron chi connectivity index (χ0n) is 21.8. The average molecular weight is 467 g/mol. The minimum absolute atomic E-state index is 0.0266. The lowest BCUT2D eigenvalue weighted by molar-refractivity contribution is 0.0865. The molecule has 0 aliphatic rings. The van der Waals surface area contributed by atoms with E-state index in [4.69, 9.17) is 8.85 Å². The van der Waals surface area contributed by atoms with Crippen LogP contribution in [0.2, 0.25) is 26.2 Å². The van der Waals surface area contributed by atoms with Crippen LogP contribution in [0.4, 0.5) is 0 Å². The van der Waals surface area contributed by atoms with Gasteiger partial charge in [-0.2, -0.15) is 0 Å². The van der Waals surface area contributed by atoms with Gasteiger partial charge in [0.1, 0.15) is 0 Å². The Morgan fingerprint density at radius 1 is 0.688 bits per heavy atom. The first kappa shape index (κ1) is 26.8. The van der Waals surface area contributed by atoms with Crippen LogP contribution in [0.15, 0.2) is 55.1 Å². The highest BCUT2D eigenvalue weighted by Gasteiger charge is 2.29. The number of benzene rings is 2. The molecule has 2 radical (unpaired) electrons. The molecule has 0 aliphatic carbocycles. The van der Waals surface area contributed by atoms with E-state index in [2.05, 4.69) is 123 Å². The van der Waals surface area contributed by atoms with Gasteiger partial charge in [-0.3, -0.25) is 0 Å². The number of hydrogen-bond donors (Lipinski definition) is 0. The summed E-state index contributed by atoms with van der Waals surface area (Å²) < 4.78 is 12.8. The molecule has 0 N–H and O–H groups in total. The lowest BCUT2D eigenvalue weighted by Crippen LogP contribution is -2.26. The van der Waals surface area contributed by atoms with Gasteiger partial charge in [0, 0.05) is 0 Å². The fraction of sp³-hybridized carbons (Fsp3) is 0.500. The molecule has 0 bridgehead atoms. The maximum absolute atomic E-state index is 6.42. The summed E-state index contributed by atoms with van der Waals surface area (Å²) in [7, 11) is -1.64. The maximum Gasteiger partial charge on any atom is 0.205 e. The first-order valence-electron chi connectivity index (χ1n) is 11.5. The van der Waals surface area contributed by atoms with Crippen LogP contribution < -0.4 is 0 Å². The topological polar surface area (TPSA) is 18.5 Å². The Morgan fingerprint density at radius 2 is 1.03 bits per heavy atom. The van der Waals surface area contributed by atoms with Crippen molar-refractivity contribution in [2.24, 2.45) is 10.8 Å². The molecule has 0 aliphatic heterocycles. The Morgan fingerprint density at radius 3 is 1.31 bits per heavy atom. The summed E-state index contributed by atoms with van der Waals surface area (Å²) in [6.07, 6.45) is 0.137. The van der Waals surface area contributed by atoms with Crippen molar-refractivity contribution in [2.75, 3.05) is 0 Å². The first-order chi connectivity index (χ1) is 14.7. The van der Waals surface area contributed by atoms with Crippen molar-refractivity contribution in [1.82, 2.24) is 0 Å². The quantitative estimate of drug-likeness (QED) is 0.363. The van der Waals surface area contributed by atoms with Gasteiger partial charge in [0.05, 0.1) is 12.2 Å². The highest BCUT2D eigenvalue weighted by atomic mass is 28.3. The number of rotatable bonds is 8. The lowest BCUT2D eigenvalue weighted by Gasteiger charge is -2.33. The van der Waals surface area contributed by atoms with Crippen molar-refractivity contribution in [1.29, 1.82) is 0 Å². The van der Waals surface area contributed by atoms with E-state index < -0.39 is 18.1 Å². The van der Waals surface area contributed by atoms with Crippen molar-refractivity contribution in [3.63, 3.8) is 0 Å². The minimum Gasteiger partial charge on any atom is -0.410 e. The van der Waals surface area contributed by atoms with E-state index in [9.17, 15) is 0 Å². The second-order valence-corrected chi connectivity index (χ2v) is 15.4. The van der Waals surface area contributed by atoms with Gasteiger partial charge in [0.15, 0.2) is 0 Å². The van der Waals surface area contributed by atoms with E-state index in [1.807, 2.05) is 0 Å². The summed E-state index contributed by atoms with van der Waals surface area (Å²) >= 11 is 0. The van der Waals surface area contributed by atoms with Crippen LogP contribution in [-0.2, 0) is 8.85 Å². The molecule has 2 aromatic carbocycles. The summed E-state index contributed by atoms with van der Waals surface area (Å²) in [6, 6.07) is 17.4. The van der Waals surface area contributed by atoms with Crippen LogP contribution in [0, 0.1) is 10.8 Å². The third kappa shape index (κ3) is 7.27. The standard InChI is InChI=1S/C28H42O2Si2/c1-20(21-14-12-16-23(18-21)25(27(2,3)4)29-31(8)9)22-15-13-17-24(19-22)26(28(5,6)7)30-32(10)11/h12-19,25-26H,1H2,2-11H3. The average Bonchev–Trinajstić information content (AvgIpc) is 2.68. The molecule has 2 nitrogen and oxygen atoms in total. The van der Waals surface area contributed by atoms with Crippen LogP contribution in [-0.4, -0.2) is 18.1 Å². The van der Waals surface area contributed by atoms with Gasteiger partial charge in [-0.05, 0) is 77.0 Å². The summed E-state index contributed by atoms with van der Waals surface area (Å²) in [4.78, 5) is 0. The van der Waals surface area contributed by atoms with Gasteiger partial charge in [-0.1, -0.05) is 84.5 Å². The normalized spacial score (nSPS) is 14.6. The largest absolute Gasteiger partial charge is 0.410 e. The SMILES string of the molecule is C=C(c1cccc(C(O[Si](C)C)C(C)(C)C)c1)c1cccc(C(O[Si](C)C)C(C)(C)C)c1. The van der Waals surface area contributed by atoms with Crippen LogP contribution in [0.25, 0.3) is 5.57 Å². The van der Waals surface area contributed by atoms with Gasteiger partial charge in [-0.15, -0.1) is 0 Å². The zero-order valence-corrected chi connectivity index (χ0v) is 23.8. The van der Waals surface area contributed by atoms with E-state index in [1.165, 1.54) is 11.1 Å². The molecule has 174 valence electrons. The molecule has 2 aromatic rings. The van der Waals surface area contributed by atoms with Crippen LogP contribution in [0.3, 0.4) is 0 Å². The fourth-order valence-corrected chi connectivity index (χ4v) is 5.83. The van der Waals surface area contributed by atoms with Crippen molar-refractivity contribution < 1.29 is 8.85 Å². The molecule has 4 heteroatoms. The van der Waals surface area contributed by atoms with E-state index in [-0.39, 0.29) is 23.0 Å². The molecule has 0 heterocycles. The molecular weight excluding hydrogens is 424 g/mol. The Balaban J connectivity index is 2.42. The van der Waals surface area contributed by atoms with Gasteiger partial charge in [0.2, 0.25) is 18.1 Å². The predicted octanol–water partition coefficient (Wildman–Crippen LogP) is 8.46.